The highest BCUT2D eigenvalue weighted by molar-refractivity contribution is 6.22. The van der Waals surface area contributed by atoms with E-state index in [9.17, 15) is 4.79 Å². The molecule has 1 atom stereocenters. The van der Waals surface area contributed by atoms with E-state index in [0.717, 1.165) is 30.4 Å². The summed E-state index contributed by atoms with van der Waals surface area (Å²) in [6.07, 6.45) is 9.82. The van der Waals surface area contributed by atoms with Gasteiger partial charge in [-0.25, -0.2) is 0 Å². The zero-order valence-corrected chi connectivity index (χ0v) is 17.6. The average molecular weight is 403 g/mol. The molecule has 0 saturated carbocycles. The van der Waals surface area contributed by atoms with Gasteiger partial charge in [0.2, 0.25) is 0 Å². The lowest BCUT2D eigenvalue weighted by Gasteiger charge is -2.20. The van der Waals surface area contributed by atoms with E-state index in [1.165, 1.54) is 27.8 Å². The smallest absolute Gasteiger partial charge is 0.163 e. The van der Waals surface area contributed by atoms with Gasteiger partial charge in [-0.3, -0.25) is 4.79 Å². The number of benzene rings is 3. The molecule has 0 amide bonds. The summed E-state index contributed by atoms with van der Waals surface area (Å²) in [6, 6.07) is 29.6. The van der Waals surface area contributed by atoms with Crippen molar-refractivity contribution in [2.75, 3.05) is 0 Å². The van der Waals surface area contributed by atoms with Crippen LogP contribution in [0.15, 0.2) is 109 Å². The maximum Gasteiger partial charge on any atom is 0.163 e. The van der Waals surface area contributed by atoms with Crippen LogP contribution >= 0.6 is 0 Å². The number of fused-ring (bicyclic) bond motifs is 1. The largest absolute Gasteiger partial charge is 0.294 e. The van der Waals surface area contributed by atoms with Crippen LogP contribution < -0.4 is 0 Å². The van der Waals surface area contributed by atoms with Crippen LogP contribution in [0.1, 0.15) is 35.1 Å². The molecule has 1 unspecified atom stereocenters. The van der Waals surface area contributed by atoms with Crippen LogP contribution in [-0.2, 0) is 17.6 Å². The average Bonchev–Trinajstić information content (AvgIpc) is 3.43. The second-order valence-corrected chi connectivity index (χ2v) is 8.37. The summed E-state index contributed by atoms with van der Waals surface area (Å²) in [5, 5.41) is 0. The number of rotatable bonds is 7. The Balaban J connectivity index is 1.33. The molecule has 3 aromatic rings. The predicted molar refractivity (Wildman–Crippen MR) is 129 cm³/mol. The van der Waals surface area contributed by atoms with Gasteiger partial charge in [0.1, 0.15) is 0 Å². The SMILES string of the molecule is O=C(CCC1=CC=C(c2ccccc2)C1Cc1ccccc1)C1=CCc2ccccc21. The monoisotopic (exact) mass is 402 g/mol. The fraction of sp³-hybridized carbons (Fsp3) is 0.167. The Bertz CT molecular complexity index is 1180. The molecule has 0 aliphatic heterocycles. The van der Waals surface area contributed by atoms with E-state index in [1.807, 2.05) is 12.1 Å². The number of hydrogen-bond donors (Lipinski definition) is 0. The molecule has 1 nitrogen and oxygen atoms in total. The van der Waals surface area contributed by atoms with Gasteiger partial charge in [-0.2, -0.15) is 0 Å². The van der Waals surface area contributed by atoms with Crippen molar-refractivity contribution in [2.45, 2.75) is 25.7 Å². The summed E-state index contributed by atoms with van der Waals surface area (Å²) < 4.78 is 0. The summed E-state index contributed by atoms with van der Waals surface area (Å²) in [5.74, 6) is 0.583. The van der Waals surface area contributed by atoms with Crippen molar-refractivity contribution in [1.29, 1.82) is 0 Å². The summed E-state index contributed by atoms with van der Waals surface area (Å²) in [7, 11) is 0. The molecule has 0 aromatic heterocycles. The lowest BCUT2D eigenvalue weighted by Crippen LogP contribution is -2.10. The Labute approximate surface area is 184 Å². The molecule has 0 radical (unpaired) electrons. The molecule has 152 valence electrons. The summed E-state index contributed by atoms with van der Waals surface area (Å²) in [5.41, 5.74) is 8.62. The predicted octanol–water partition coefficient (Wildman–Crippen LogP) is 6.86. The van der Waals surface area contributed by atoms with E-state index in [4.69, 9.17) is 0 Å². The van der Waals surface area contributed by atoms with E-state index in [1.54, 1.807) is 0 Å². The Hall–Kier alpha value is -3.45. The van der Waals surface area contributed by atoms with Crippen LogP contribution in [0.2, 0.25) is 0 Å². The van der Waals surface area contributed by atoms with Gasteiger partial charge in [0.05, 0.1) is 0 Å². The van der Waals surface area contributed by atoms with Crippen LogP contribution in [-0.4, -0.2) is 5.78 Å². The minimum atomic E-state index is 0.262. The number of allylic oxidation sites excluding steroid dienone is 6. The van der Waals surface area contributed by atoms with E-state index in [-0.39, 0.29) is 5.78 Å². The number of hydrogen-bond acceptors (Lipinski definition) is 1. The molecule has 3 aromatic carbocycles. The van der Waals surface area contributed by atoms with Crippen molar-refractivity contribution >= 4 is 16.9 Å². The maximum atomic E-state index is 13.1. The molecule has 2 aliphatic rings. The lowest BCUT2D eigenvalue weighted by atomic mass is 9.83. The third kappa shape index (κ3) is 4.09. The molecule has 0 N–H and O–H groups in total. The molecule has 0 saturated heterocycles. The standard InChI is InChI=1S/C30H26O/c31-30(28-19-16-24-13-7-8-14-26(24)28)20-17-25-15-18-27(23-11-5-2-6-12-23)29(25)21-22-9-3-1-4-10-22/h1-15,18-19,29H,16-17,20-21H2. The topological polar surface area (TPSA) is 17.1 Å². The van der Waals surface area contributed by atoms with Gasteiger partial charge < -0.3 is 0 Å². The molecule has 0 spiro atoms. The Morgan fingerprint density at radius 3 is 2.32 bits per heavy atom. The molecular formula is C30H26O. The van der Waals surface area contributed by atoms with Crippen LogP contribution in [0.5, 0.6) is 0 Å². The van der Waals surface area contributed by atoms with Crippen LogP contribution in [0.4, 0.5) is 0 Å². The molecule has 0 heterocycles. The van der Waals surface area contributed by atoms with Gasteiger partial charge in [-0.05, 0) is 47.1 Å². The highest BCUT2D eigenvalue weighted by Gasteiger charge is 2.26. The number of ketones is 1. The van der Waals surface area contributed by atoms with Crippen molar-refractivity contribution in [3.8, 4) is 0 Å². The van der Waals surface area contributed by atoms with Crippen molar-refractivity contribution in [3.05, 3.63) is 131 Å². The zero-order valence-electron chi connectivity index (χ0n) is 17.6. The van der Waals surface area contributed by atoms with E-state index < -0.39 is 0 Å². The van der Waals surface area contributed by atoms with E-state index in [0.29, 0.717) is 12.3 Å². The van der Waals surface area contributed by atoms with E-state index >= 15 is 0 Å². The van der Waals surface area contributed by atoms with Gasteiger partial charge in [0.15, 0.2) is 5.78 Å². The first kappa shape index (κ1) is 19.5. The quantitative estimate of drug-likeness (QED) is 0.422. The highest BCUT2D eigenvalue weighted by Crippen LogP contribution is 2.39. The number of carbonyl (C=O) groups excluding carboxylic acids is 1. The third-order valence-electron chi connectivity index (χ3n) is 6.46. The zero-order chi connectivity index (χ0) is 21.0. The van der Waals surface area contributed by atoms with Gasteiger partial charge in [0.25, 0.3) is 0 Å². The second-order valence-electron chi connectivity index (χ2n) is 8.37. The first-order valence-corrected chi connectivity index (χ1v) is 11.1. The Morgan fingerprint density at radius 1 is 0.806 bits per heavy atom. The molecule has 0 fully saturated rings. The molecule has 2 aliphatic carbocycles. The molecule has 5 rings (SSSR count). The fourth-order valence-electron chi connectivity index (χ4n) is 4.84. The molecule has 31 heavy (non-hydrogen) atoms. The minimum Gasteiger partial charge on any atom is -0.294 e. The van der Waals surface area contributed by atoms with Crippen LogP contribution in [0.25, 0.3) is 11.1 Å². The molecule has 0 bridgehead atoms. The van der Waals surface area contributed by atoms with Crippen molar-refractivity contribution in [1.82, 2.24) is 0 Å². The lowest BCUT2D eigenvalue weighted by molar-refractivity contribution is -0.113. The molecule has 1 heteroatoms. The number of Topliss-reactive ketones (excluding diaryl/α,β-unsaturated/α-hetero) is 1. The van der Waals surface area contributed by atoms with Crippen molar-refractivity contribution < 1.29 is 4.79 Å². The first-order chi connectivity index (χ1) is 15.3. The maximum absolute atomic E-state index is 13.1. The van der Waals surface area contributed by atoms with Crippen molar-refractivity contribution in [2.24, 2.45) is 5.92 Å². The minimum absolute atomic E-state index is 0.262. The van der Waals surface area contributed by atoms with Crippen LogP contribution in [0, 0.1) is 5.92 Å². The van der Waals surface area contributed by atoms with Gasteiger partial charge in [-0.1, -0.05) is 109 Å². The summed E-state index contributed by atoms with van der Waals surface area (Å²) in [4.78, 5) is 13.1. The number of carbonyl (C=O) groups is 1. The third-order valence-corrected chi connectivity index (χ3v) is 6.46. The van der Waals surface area contributed by atoms with Gasteiger partial charge >= 0.3 is 0 Å². The van der Waals surface area contributed by atoms with Crippen LogP contribution in [0.3, 0.4) is 0 Å². The summed E-state index contributed by atoms with van der Waals surface area (Å²) >= 11 is 0. The fourth-order valence-corrected chi connectivity index (χ4v) is 4.84. The molecular weight excluding hydrogens is 376 g/mol. The van der Waals surface area contributed by atoms with Crippen molar-refractivity contribution in [3.63, 3.8) is 0 Å². The second kappa shape index (κ2) is 8.73. The normalized spacial score (nSPS) is 17.0. The Morgan fingerprint density at radius 2 is 1.52 bits per heavy atom. The van der Waals surface area contributed by atoms with E-state index in [2.05, 4.69) is 91.0 Å². The summed E-state index contributed by atoms with van der Waals surface area (Å²) in [6.45, 7) is 0. The van der Waals surface area contributed by atoms with Gasteiger partial charge in [0, 0.05) is 17.9 Å². The van der Waals surface area contributed by atoms with Gasteiger partial charge in [-0.15, -0.1) is 0 Å². The Kier molecular flexibility index (Phi) is 5.50. The first-order valence-electron chi connectivity index (χ1n) is 11.1. The highest BCUT2D eigenvalue weighted by atomic mass is 16.1.